The van der Waals surface area contributed by atoms with Crippen LogP contribution in [0.5, 0.6) is 0 Å². The highest BCUT2D eigenvalue weighted by molar-refractivity contribution is 5.43. The minimum atomic E-state index is 0.767. The van der Waals surface area contributed by atoms with E-state index in [1.54, 1.807) is 0 Å². The van der Waals surface area contributed by atoms with Crippen molar-refractivity contribution in [1.82, 2.24) is 24.6 Å². The standard InChI is InChI=1S/C17H27N7/c1-4-24-14-15(13-19-24)6-8-22-9-11-23(12-10-22)16-5-7-18-17(20-16)21(2)3/h5,7,13-14H,4,6,8-12H2,1-3H3. The molecular formula is C17H27N7. The molecule has 0 spiro atoms. The van der Waals surface area contributed by atoms with Crippen LogP contribution in [0.3, 0.4) is 0 Å². The molecule has 1 aliphatic rings. The van der Waals surface area contributed by atoms with Crippen molar-refractivity contribution in [2.24, 2.45) is 0 Å². The highest BCUT2D eigenvalue weighted by atomic mass is 15.3. The van der Waals surface area contributed by atoms with Crippen LogP contribution in [0.2, 0.25) is 0 Å². The molecule has 0 N–H and O–H groups in total. The summed E-state index contributed by atoms with van der Waals surface area (Å²) in [5.41, 5.74) is 1.32. The lowest BCUT2D eigenvalue weighted by atomic mass is 10.2. The SMILES string of the molecule is CCn1cc(CCN2CCN(c3ccnc(N(C)C)n3)CC2)cn1. The van der Waals surface area contributed by atoms with Gasteiger partial charge in [0.15, 0.2) is 0 Å². The van der Waals surface area contributed by atoms with E-state index >= 15 is 0 Å². The number of hydrogen-bond donors (Lipinski definition) is 0. The largest absolute Gasteiger partial charge is 0.354 e. The molecule has 0 atom stereocenters. The Morgan fingerprint density at radius 2 is 1.96 bits per heavy atom. The first-order valence-corrected chi connectivity index (χ1v) is 8.64. The second-order valence-electron chi connectivity index (χ2n) is 6.39. The molecular weight excluding hydrogens is 302 g/mol. The molecule has 0 saturated carbocycles. The van der Waals surface area contributed by atoms with Gasteiger partial charge in [-0.2, -0.15) is 10.1 Å². The van der Waals surface area contributed by atoms with Gasteiger partial charge in [-0.15, -0.1) is 0 Å². The Hall–Kier alpha value is -2.15. The molecule has 0 aromatic carbocycles. The van der Waals surface area contributed by atoms with Crippen molar-refractivity contribution in [2.45, 2.75) is 19.9 Å². The van der Waals surface area contributed by atoms with E-state index in [1.165, 1.54) is 5.56 Å². The average molecular weight is 329 g/mol. The lowest BCUT2D eigenvalue weighted by molar-refractivity contribution is 0.260. The predicted octanol–water partition coefficient (Wildman–Crippen LogP) is 1.12. The minimum Gasteiger partial charge on any atom is -0.354 e. The smallest absolute Gasteiger partial charge is 0.226 e. The lowest BCUT2D eigenvalue weighted by Crippen LogP contribution is -2.47. The summed E-state index contributed by atoms with van der Waals surface area (Å²) in [6, 6.07) is 2.00. The number of anilines is 2. The zero-order chi connectivity index (χ0) is 16.9. The van der Waals surface area contributed by atoms with Gasteiger partial charge in [-0.25, -0.2) is 4.98 Å². The van der Waals surface area contributed by atoms with Crippen molar-refractivity contribution in [3.05, 3.63) is 30.2 Å². The average Bonchev–Trinajstić information content (AvgIpc) is 3.08. The minimum absolute atomic E-state index is 0.767. The van der Waals surface area contributed by atoms with Gasteiger partial charge in [0.2, 0.25) is 5.95 Å². The van der Waals surface area contributed by atoms with E-state index in [1.807, 2.05) is 42.1 Å². The van der Waals surface area contributed by atoms with Crippen molar-refractivity contribution in [3.63, 3.8) is 0 Å². The molecule has 24 heavy (non-hydrogen) atoms. The van der Waals surface area contributed by atoms with Crippen molar-refractivity contribution in [2.75, 3.05) is 56.6 Å². The molecule has 3 rings (SSSR count). The van der Waals surface area contributed by atoms with Gasteiger partial charge in [0.05, 0.1) is 6.20 Å². The van der Waals surface area contributed by atoms with Gasteiger partial charge in [-0.05, 0) is 25.0 Å². The van der Waals surface area contributed by atoms with Gasteiger partial charge in [0, 0.05) is 65.8 Å². The molecule has 0 aliphatic carbocycles. The monoisotopic (exact) mass is 329 g/mol. The van der Waals surface area contributed by atoms with E-state index in [0.717, 1.165) is 57.5 Å². The van der Waals surface area contributed by atoms with Gasteiger partial charge >= 0.3 is 0 Å². The lowest BCUT2D eigenvalue weighted by Gasteiger charge is -2.35. The van der Waals surface area contributed by atoms with Gasteiger partial charge in [0.1, 0.15) is 5.82 Å². The second kappa shape index (κ2) is 7.61. The Kier molecular flexibility index (Phi) is 5.30. The van der Waals surface area contributed by atoms with Crippen LogP contribution in [0.25, 0.3) is 0 Å². The molecule has 1 fully saturated rings. The van der Waals surface area contributed by atoms with Crippen LogP contribution in [-0.4, -0.2) is 71.5 Å². The molecule has 1 aliphatic heterocycles. The van der Waals surface area contributed by atoms with E-state index in [-0.39, 0.29) is 0 Å². The van der Waals surface area contributed by atoms with Gasteiger partial charge in [-0.3, -0.25) is 9.58 Å². The summed E-state index contributed by atoms with van der Waals surface area (Å²) in [7, 11) is 3.94. The normalized spacial score (nSPS) is 15.7. The van der Waals surface area contributed by atoms with Crippen molar-refractivity contribution in [1.29, 1.82) is 0 Å². The summed E-state index contributed by atoms with van der Waals surface area (Å²) < 4.78 is 1.99. The first kappa shape index (κ1) is 16.7. The molecule has 7 nitrogen and oxygen atoms in total. The second-order valence-corrected chi connectivity index (χ2v) is 6.39. The Balaban J connectivity index is 1.49. The predicted molar refractivity (Wildman–Crippen MR) is 96.6 cm³/mol. The molecule has 0 bridgehead atoms. The fraction of sp³-hybridized carbons (Fsp3) is 0.588. The highest BCUT2D eigenvalue weighted by Crippen LogP contribution is 2.16. The summed E-state index contributed by atoms with van der Waals surface area (Å²) >= 11 is 0. The van der Waals surface area contributed by atoms with Crippen LogP contribution in [-0.2, 0) is 13.0 Å². The maximum Gasteiger partial charge on any atom is 0.226 e. The van der Waals surface area contributed by atoms with Crippen LogP contribution < -0.4 is 9.80 Å². The molecule has 3 heterocycles. The summed E-state index contributed by atoms with van der Waals surface area (Å²) in [6.07, 6.45) is 7.05. The fourth-order valence-corrected chi connectivity index (χ4v) is 2.93. The molecule has 130 valence electrons. The first-order valence-electron chi connectivity index (χ1n) is 8.64. The first-order chi connectivity index (χ1) is 11.7. The zero-order valence-electron chi connectivity index (χ0n) is 14.9. The molecule has 0 unspecified atom stereocenters. The van der Waals surface area contributed by atoms with E-state index < -0.39 is 0 Å². The Morgan fingerprint density at radius 1 is 1.17 bits per heavy atom. The van der Waals surface area contributed by atoms with E-state index in [4.69, 9.17) is 0 Å². The fourth-order valence-electron chi connectivity index (χ4n) is 2.93. The van der Waals surface area contributed by atoms with Gasteiger partial charge in [0.25, 0.3) is 0 Å². The molecule has 2 aromatic heterocycles. The molecule has 2 aromatic rings. The van der Waals surface area contributed by atoms with Crippen LogP contribution in [0.4, 0.5) is 11.8 Å². The van der Waals surface area contributed by atoms with Crippen LogP contribution in [0, 0.1) is 0 Å². The topological polar surface area (TPSA) is 53.3 Å². The summed E-state index contributed by atoms with van der Waals surface area (Å²) in [6.45, 7) is 8.32. The Labute approximate surface area is 143 Å². The zero-order valence-corrected chi connectivity index (χ0v) is 14.9. The highest BCUT2D eigenvalue weighted by Gasteiger charge is 2.18. The number of piperazine rings is 1. The number of nitrogens with zero attached hydrogens (tertiary/aromatic N) is 7. The number of aromatic nitrogens is 4. The third-order valence-corrected chi connectivity index (χ3v) is 4.45. The van der Waals surface area contributed by atoms with Crippen molar-refractivity contribution in [3.8, 4) is 0 Å². The van der Waals surface area contributed by atoms with Crippen LogP contribution in [0.1, 0.15) is 12.5 Å². The third kappa shape index (κ3) is 4.03. The number of aryl methyl sites for hydroxylation is 1. The van der Waals surface area contributed by atoms with E-state index in [2.05, 4.69) is 38.0 Å². The van der Waals surface area contributed by atoms with Gasteiger partial charge < -0.3 is 9.80 Å². The Bertz CT molecular complexity index is 644. The van der Waals surface area contributed by atoms with Crippen molar-refractivity contribution < 1.29 is 0 Å². The van der Waals surface area contributed by atoms with Gasteiger partial charge in [-0.1, -0.05) is 0 Å². The third-order valence-electron chi connectivity index (χ3n) is 4.45. The maximum absolute atomic E-state index is 4.64. The number of rotatable bonds is 6. The molecule has 1 saturated heterocycles. The van der Waals surface area contributed by atoms with Crippen LogP contribution in [0.15, 0.2) is 24.7 Å². The summed E-state index contributed by atoms with van der Waals surface area (Å²) in [5, 5.41) is 4.34. The molecule has 0 radical (unpaired) electrons. The molecule has 0 amide bonds. The number of hydrogen-bond acceptors (Lipinski definition) is 6. The Morgan fingerprint density at radius 3 is 2.62 bits per heavy atom. The summed E-state index contributed by atoms with van der Waals surface area (Å²) in [4.78, 5) is 15.7. The van der Waals surface area contributed by atoms with E-state index in [0.29, 0.717) is 0 Å². The van der Waals surface area contributed by atoms with E-state index in [9.17, 15) is 0 Å². The summed E-state index contributed by atoms with van der Waals surface area (Å²) in [5.74, 6) is 1.79. The quantitative estimate of drug-likeness (QED) is 0.792. The maximum atomic E-state index is 4.64. The van der Waals surface area contributed by atoms with Crippen LogP contribution >= 0.6 is 0 Å². The molecule has 7 heteroatoms. The van der Waals surface area contributed by atoms with Crippen molar-refractivity contribution >= 4 is 11.8 Å².